The second-order valence-electron chi connectivity index (χ2n) is 6.87. The molecule has 0 bridgehead atoms. The maximum Gasteiger partial charge on any atom is 0.516 e. The van der Waals surface area contributed by atoms with Gasteiger partial charge in [-0.2, -0.15) is 5.10 Å². The van der Waals surface area contributed by atoms with Crippen LogP contribution in [0.5, 0.6) is 0 Å². The molecule has 1 saturated heterocycles. The quantitative estimate of drug-likeness (QED) is 0.752. The van der Waals surface area contributed by atoms with E-state index in [1.54, 1.807) is 0 Å². The molecule has 112 valence electrons. The Hall–Kier alpha value is -1.40. The van der Waals surface area contributed by atoms with Crippen LogP contribution >= 0.6 is 0 Å². The minimum atomic E-state index is -0.444. The van der Waals surface area contributed by atoms with Crippen molar-refractivity contribution < 1.29 is 9.31 Å². The SMILES string of the molecule is Cc1cn2nc(B3OC(C)(C)C(C)(C)O3)c(C)c(C)c2n1. The molecule has 0 aliphatic carbocycles. The van der Waals surface area contributed by atoms with E-state index >= 15 is 0 Å². The van der Waals surface area contributed by atoms with E-state index in [1.165, 1.54) is 0 Å². The molecule has 0 amide bonds. The van der Waals surface area contributed by atoms with E-state index in [0.29, 0.717) is 0 Å². The average Bonchev–Trinajstić information content (AvgIpc) is 2.82. The smallest absolute Gasteiger partial charge is 0.398 e. The van der Waals surface area contributed by atoms with Crippen molar-refractivity contribution in [3.05, 3.63) is 23.0 Å². The van der Waals surface area contributed by atoms with Crippen LogP contribution < -0.4 is 5.59 Å². The molecule has 0 radical (unpaired) electrons. The highest BCUT2D eigenvalue weighted by Crippen LogP contribution is 2.36. The summed E-state index contributed by atoms with van der Waals surface area (Å²) in [5.74, 6) is 0. The van der Waals surface area contributed by atoms with E-state index in [9.17, 15) is 0 Å². The lowest BCUT2D eigenvalue weighted by molar-refractivity contribution is 0.00578. The summed E-state index contributed by atoms with van der Waals surface area (Å²) in [6.45, 7) is 14.3. The summed E-state index contributed by atoms with van der Waals surface area (Å²) in [4.78, 5) is 4.52. The third kappa shape index (κ3) is 2.08. The van der Waals surface area contributed by atoms with E-state index in [1.807, 2.05) is 24.6 Å². The lowest BCUT2D eigenvalue weighted by Crippen LogP contribution is -2.41. The van der Waals surface area contributed by atoms with Crippen molar-refractivity contribution in [2.24, 2.45) is 0 Å². The summed E-state index contributed by atoms with van der Waals surface area (Å²) in [6.07, 6.45) is 1.93. The van der Waals surface area contributed by atoms with Gasteiger partial charge in [0.2, 0.25) is 0 Å². The number of rotatable bonds is 1. The van der Waals surface area contributed by atoms with Crippen LogP contribution in [0.4, 0.5) is 0 Å². The number of nitrogens with zero attached hydrogens (tertiary/aromatic N) is 3. The number of hydrogen-bond acceptors (Lipinski definition) is 4. The Morgan fingerprint density at radius 3 is 2.14 bits per heavy atom. The first-order chi connectivity index (χ1) is 9.62. The van der Waals surface area contributed by atoms with Crippen LogP contribution in [0, 0.1) is 20.8 Å². The highest BCUT2D eigenvalue weighted by atomic mass is 16.7. The molecular weight excluding hydrogens is 265 g/mol. The molecule has 0 atom stereocenters. The summed E-state index contributed by atoms with van der Waals surface area (Å²) in [7, 11) is -0.444. The topological polar surface area (TPSA) is 48.7 Å². The monoisotopic (exact) mass is 287 g/mol. The van der Waals surface area contributed by atoms with Crippen molar-refractivity contribution in [2.45, 2.75) is 59.7 Å². The van der Waals surface area contributed by atoms with E-state index in [4.69, 9.17) is 9.31 Å². The van der Waals surface area contributed by atoms with Crippen molar-refractivity contribution in [1.29, 1.82) is 0 Å². The van der Waals surface area contributed by atoms with E-state index < -0.39 is 7.12 Å². The minimum absolute atomic E-state index is 0.362. The summed E-state index contributed by atoms with van der Waals surface area (Å²) in [5.41, 5.74) is 4.14. The molecule has 0 aromatic carbocycles. The largest absolute Gasteiger partial charge is 0.516 e. The van der Waals surface area contributed by atoms with Crippen molar-refractivity contribution in [3.63, 3.8) is 0 Å². The van der Waals surface area contributed by atoms with Crippen molar-refractivity contribution in [1.82, 2.24) is 14.6 Å². The molecule has 5 nitrogen and oxygen atoms in total. The Kier molecular flexibility index (Phi) is 2.98. The first-order valence-corrected chi connectivity index (χ1v) is 7.31. The molecule has 0 N–H and O–H groups in total. The maximum absolute atomic E-state index is 6.12. The summed E-state index contributed by atoms with van der Waals surface area (Å²) >= 11 is 0. The fraction of sp³-hybridized carbons (Fsp3) is 0.600. The fourth-order valence-electron chi connectivity index (χ4n) is 2.55. The second kappa shape index (κ2) is 4.30. The highest BCUT2D eigenvalue weighted by molar-refractivity contribution is 6.61. The van der Waals surface area contributed by atoms with Crippen molar-refractivity contribution >= 4 is 18.4 Å². The Morgan fingerprint density at radius 1 is 1.00 bits per heavy atom. The van der Waals surface area contributed by atoms with Gasteiger partial charge in [0.1, 0.15) is 0 Å². The van der Waals surface area contributed by atoms with Gasteiger partial charge in [0, 0.05) is 0 Å². The normalized spacial score (nSPS) is 20.4. The fourth-order valence-corrected chi connectivity index (χ4v) is 2.55. The standard InChI is InChI=1S/C15H22BN3O2/c1-9-8-19-13(17-9)11(3)10(2)12(18-19)16-20-14(4,5)15(6,7)21-16/h8H,1-7H3. The van der Waals surface area contributed by atoms with E-state index in [-0.39, 0.29) is 11.2 Å². The van der Waals surface area contributed by atoms with E-state index in [0.717, 1.165) is 28.1 Å². The maximum atomic E-state index is 6.12. The molecule has 2 aromatic rings. The molecule has 0 spiro atoms. The Balaban J connectivity index is 2.12. The predicted molar refractivity (Wildman–Crippen MR) is 82.9 cm³/mol. The van der Waals surface area contributed by atoms with Gasteiger partial charge in [-0.05, 0) is 59.6 Å². The summed E-state index contributed by atoms with van der Waals surface area (Å²) < 4.78 is 14.1. The molecule has 3 heterocycles. The molecule has 3 rings (SSSR count). The van der Waals surface area contributed by atoms with Crippen LogP contribution in [0.1, 0.15) is 44.5 Å². The van der Waals surface area contributed by atoms with Gasteiger partial charge in [-0.3, -0.25) is 0 Å². The Labute approximate surface area is 125 Å². The van der Waals surface area contributed by atoms with Crippen LogP contribution in [0.2, 0.25) is 0 Å². The molecule has 0 saturated carbocycles. The average molecular weight is 287 g/mol. The van der Waals surface area contributed by atoms with Crippen LogP contribution in [-0.2, 0) is 9.31 Å². The lowest BCUT2D eigenvalue weighted by atomic mass is 9.80. The zero-order valence-electron chi connectivity index (χ0n) is 13.8. The van der Waals surface area contributed by atoms with Gasteiger partial charge in [0.25, 0.3) is 0 Å². The van der Waals surface area contributed by atoms with Gasteiger partial charge >= 0.3 is 7.12 Å². The van der Waals surface area contributed by atoms with Crippen LogP contribution in [0.25, 0.3) is 5.65 Å². The molecule has 2 aromatic heterocycles. The molecule has 6 heteroatoms. The van der Waals surface area contributed by atoms with Gasteiger partial charge < -0.3 is 9.31 Å². The number of imidazole rings is 1. The number of hydrogen-bond donors (Lipinski definition) is 0. The summed E-state index contributed by atoms with van der Waals surface area (Å²) in [6, 6.07) is 0. The summed E-state index contributed by atoms with van der Waals surface area (Å²) in [5, 5.41) is 4.67. The minimum Gasteiger partial charge on any atom is -0.398 e. The van der Waals surface area contributed by atoms with Gasteiger partial charge in [0.05, 0.1) is 28.7 Å². The Bertz CT molecular complexity index is 705. The van der Waals surface area contributed by atoms with Crippen molar-refractivity contribution in [2.75, 3.05) is 0 Å². The number of aryl methyl sites for hydroxylation is 2. The predicted octanol–water partition coefficient (Wildman–Crippen LogP) is 1.95. The Morgan fingerprint density at radius 2 is 1.57 bits per heavy atom. The molecule has 1 aliphatic heterocycles. The molecular formula is C15H22BN3O2. The highest BCUT2D eigenvalue weighted by Gasteiger charge is 2.53. The zero-order chi connectivity index (χ0) is 15.6. The first kappa shape index (κ1) is 14.5. The van der Waals surface area contributed by atoms with Gasteiger partial charge in [-0.25, -0.2) is 9.50 Å². The number of aromatic nitrogens is 3. The van der Waals surface area contributed by atoms with Crippen LogP contribution in [0.15, 0.2) is 6.20 Å². The first-order valence-electron chi connectivity index (χ1n) is 7.31. The van der Waals surface area contributed by atoms with Gasteiger partial charge in [-0.1, -0.05) is 0 Å². The lowest BCUT2D eigenvalue weighted by Gasteiger charge is -2.32. The number of fused-ring (bicyclic) bond motifs is 1. The van der Waals surface area contributed by atoms with Gasteiger partial charge in [-0.15, -0.1) is 0 Å². The van der Waals surface area contributed by atoms with Crippen LogP contribution in [-0.4, -0.2) is 32.9 Å². The molecule has 21 heavy (non-hydrogen) atoms. The second-order valence-corrected chi connectivity index (χ2v) is 6.87. The van der Waals surface area contributed by atoms with Gasteiger partial charge in [0.15, 0.2) is 5.65 Å². The third-order valence-electron chi connectivity index (χ3n) is 4.78. The van der Waals surface area contributed by atoms with Crippen LogP contribution in [0.3, 0.4) is 0 Å². The molecule has 0 unspecified atom stereocenters. The molecule has 1 aliphatic rings. The van der Waals surface area contributed by atoms with Crippen molar-refractivity contribution in [3.8, 4) is 0 Å². The van der Waals surface area contributed by atoms with E-state index in [2.05, 4.69) is 44.7 Å². The zero-order valence-corrected chi connectivity index (χ0v) is 13.8. The molecule has 1 fully saturated rings. The third-order valence-corrected chi connectivity index (χ3v) is 4.78.